The molecule has 2 N–H and O–H groups in total. The van der Waals surface area contributed by atoms with Crippen molar-refractivity contribution in [1.29, 1.82) is 0 Å². The molecule has 0 aromatic heterocycles. The Balaban J connectivity index is 2.87. The fourth-order valence-electron chi connectivity index (χ4n) is 1.15. The molecule has 0 saturated heterocycles. The van der Waals surface area contributed by atoms with Gasteiger partial charge in [0.05, 0.1) is 0 Å². The van der Waals surface area contributed by atoms with Crippen LogP contribution in [0.5, 0.6) is 5.75 Å². The Kier molecular flexibility index (Phi) is 3.88. The second kappa shape index (κ2) is 5.16. The molecule has 0 saturated carbocycles. The number of carboxylic acids is 1. The van der Waals surface area contributed by atoms with Gasteiger partial charge in [0.2, 0.25) is 0 Å². The lowest BCUT2D eigenvalue weighted by Gasteiger charge is -2.08. The number of nitrogens with one attached hydrogen (secondary N) is 1. The highest BCUT2D eigenvalue weighted by atomic mass is 16.5. The number of amides is 1. The van der Waals surface area contributed by atoms with E-state index in [0.717, 1.165) is 5.56 Å². The van der Waals surface area contributed by atoms with Gasteiger partial charge in [0.25, 0.3) is 5.91 Å². The molecule has 0 aliphatic carbocycles. The predicted octanol–water partition coefficient (Wildman–Crippen LogP) is 0.818. The van der Waals surface area contributed by atoms with Gasteiger partial charge >= 0.3 is 5.97 Å². The first kappa shape index (κ1) is 12.0. The summed E-state index contributed by atoms with van der Waals surface area (Å²) in [4.78, 5) is 21.9. The summed E-state index contributed by atoms with van der Waals surface area (Å²) in [7, 11) is 1.49. The molecule has 16 heavy (non-hydrogen) atoms. The van der Waals surface area contributed by atoms with Gasteiger partial charge in [0.15, 0.2) is 6.61 Å². The van der Waals surface area contributed by atoms with Crippen molar-refractivity contribution in [3.8, 4) is 5.75 Å². The van der Waals surface area contributed by atoms with Crippen molar-refractivity contribution in [2.75, 3.05) is 13.7 Å². The molecule has 0 aliphatic heterocycles. The lowest BCUT2D eigenvalue weighted by atomic mass is 10.1. The van der Waals surface area contributed by atoms with E-state index in [2.05, 4.69) is 5.32 Å². The Morgan fingerprint density at radius 2 is 2.12 bits per heavy atom. The molecule has 1 aromatic rings. The average Bonchev–Trinajstić information content (AvgIpc) is 2.26. The van der Waals surface area contributed by atoms with Crippen molar-refractivity contribution in [2.45, 2.75) is 6.92 Å². The number of hydrogen-bond donors (Lipinski definition) is 2. The molecule has 1 amide bonds. The minimum atomic E-state index is -1.07. The van der Waals surface area contributed by atoms with Crippen molar-refractivity contribution in [3.63, 3.8) is 0 Å². The Morgan fingerprint density at radius 3 is 2.69 bits per heavy atom. The molecule has 0 unspecified atom stereocenters. The number of rotatable bonds is 4. The molecule has 0 spiro atoms. The van der Waals surface area contributed by atoms with Crippen molar-refractivity contribution < 1.29 is 19.4 Å². The molecule has 5 nitrogen and oxygen atoms in total. The Morgan fingerprint density at radius 1 is 1.44 bits per heavy atom. The van der Waals surface area contributed by atoms with Crippen molar-refractivity contribution >= 4 is 11.9 Å². The third kappa shape index (κ3) is 2.98. The molecular formula is C11H13NO4. The van der Waals surface area contributed by atoms with E-state index in [9.17, 15) is 9.59 Å². The van der Waals surface area contributed by atoms with Gasteiger partial charge in [-0.2, -0.15) is 0 Å². The van der Waals surface area contributed by atoms with E-state index in [-0.39, 0.29) is 23.8 Å². The maximum Gasteiger partial charge on any atom is 0.339 e. The van der Waals surface area contributed by atoms with E-state index in [1.807, 2.05) is 0 Å². The van der Waals surface area contributed by atoms with Crippen molar-refractivity contribution in [2.24, 2.45) is 0 Å². The van der Waals surface area contributed by atoms with Crippen LogP contribution in [0.15, 0.2) is 18.2 Å². The molecule has 1 aromatic carbocycles. The van der Waals surface area contributed by atoms with Crippen molar-refractivity contribution in [1.82, 2.24) is 5.32 Å². The number of carbonyl (C=O) groups excluding carboxylic acids is 1. The van der Waals surface area contributed by atoms with E-state index in [0.29, 0.717) is 0 Å². The molecule has 0 atom stereocenters. The first-order valence-corrected chi connectivity index (χ1v) is 4.72. The van der Waals surface area contributed by atoms with Crippen LogP contribution in [0.25, 0.3) is 0 Å². The fourth-order valence-corrected chi connectivity index (χ4v) is 1.15. The van der Waals surface area contributed by atoms with Gasteiger partial charge in [-0.3, -0.25) is 4.79 Å². The number of aromatic carboxylic acids is 1. The molecule has 5 heteroatoms. The van der Waals surface area contributed by atoms with E-state index in [4.69, 9.17) is 9.84 Å². The number of benzene rings is 1. The van der Waals surface area contributed by atoms with Crippen LogP contribution < -0.4 is 10.1 Å². The number of likely N-dealkylation sites (N-methyl/N-ethyl adjacent to an activating group) is 1. The smallest absolute Gasteiger partial charge is 0.339 e. The zero-order chi connectivity index (χ0) is 12.1. The monoisotopic (exact) mass is 223 g/mol. The zero-order valence-electron chi connectivity index (χ0n) is 9.11. The highest BCUT2D eigenvalue weighted by Crippen LogP contribution is 2.19. The van der Waals surface area contributed by atoms with Gasteiger partial charge in [-0.1, -0.05) is 11.6 Å². The van der Waals surface area contributed by atoms with Gasteiger partial charge in [-0.25, -0.2) is 4.79 Å². The molecule has 0 radical (unpaired) electrons. The van der Waals surface area contributed by atoms with Crippen LogP contribution in [0, 0.1) is 6.92 Å². The second-order valence-electron chi connectivity index (χ2n) is 3.27. The van der Waals surface area contributed by atoms with Crippen LogP contribution in [-0.4, -0.2) is 30.6 Å². The lowest BCUT2D eigenvalue weighted by Crippen LogP contribution is -2.25. The van der Waals surface area contributed by atoms with Crippen LogP contribution in [0.3, 0.4) is 0 Å². The fraction of sp³-hybridized carbons (Fsp3) is 0.273. The maximum atomic E-state index is 10.9. The van der Waals surface area contributed by atoms with E-state index >= 15 is 0 Å². The number of carboxylic acid groups (broad SMARTS) is 1. The van der Waals surface area contributed by atoms with Crippen LogP contribution >= 0.6 is 0 Å². The lowest BCUT2D eigenvalue weighted by molar-refractivity contribution is -0.122. The molecule has 1 rings (SSSR count). The van der Waals surface area contributed by atoms with E-state index in [1.165, 1.54) is 13.1 Å². The van der Waals surface area contributed by atoms with Crippen molar-refractivity contribution in [3.05, 3.63) is 29.3 Å². The molecule has 0 bridgehead atoms. The summed E-state index contributed by atoms with van der Waals surface area (Å²) in [5.74, 6) is -1.19. The SMILES string of the molecule is CNC(=O)COc1ccc(C)cc1C(=O)O. The minimum absolute atomic E-state index is 0.0592. The molecular weight excluding hydrogens is 210 g/mol. The average molecular weight is 223 g/mol. The summed E-state index contributed by atoms with van der Waals surface area (Å²) in [6.07, 6.45) is 0. The third-order valence-electron chi connectivity index (χ3n) is 2.00. The van der Waals surface area contributed by atoms with Gasteiger partial charge in [-0.05, 0) is 19.1 Å². The zero-order valence-corrected chi connectivity index (χ0v) is 9.11. The predicted molar refractivity (Wildman–Crippen MR) is 57.7 cm³/mol. The van der Waals surface area contributed by atoms with Crippen LogP contribution in [-0.2, 0) is 4.79 Å². The third-order valence-corrected chi connectivity index (χ3v) is 2.00. The summed E-state index contributed by atoms with van der Waals surface area (Å²) in [5, 5.41) is 11.3. The second-order valence-corrected chi connectivity index (χ2v) is 3.27. The first-order valence-electron chi connectivity index (χ1n) is 4.72. The minimum Gasteiger partial charge on any atom is -0.483 e. The van der Waals surface area contributed by atoms with Gasteiger partial charge in [0, 0.05) is 7.05 Å². The highest BCUT2D eigenvalue weighted by molar-refractivity contribution is 5.91. The summed E-state index contributed by atoms with van der Waals surface area (Å²) in [6, 6.07) is 4.77. The number of carbonyl (C=O) groups is 2. The summed E-state index contributed by atoms with van der Waals surface area (Å²) in [6.45, 7) is 1.59. The number of ether oxygens (including phenoxy) is 1. The molecule has 0 aliphatic rings. The normalized spacial score (nSPS) is 9.62. The Labute approximate surface area is 93.0 Å². The topological polar surface area (TPSA) is 75.6 Å². The van der Waals surface area contributed by atoms with E-state index in [1.54, 1.807) is 19.1 Å². The summed E-state index contributed by atoms with van der Waals surface area (Å²) in [5.41, 5.74) is 0.883. The van der Waals surface area contributed by atoms with Crippen LogP contribution in [0.4, 0.5) is 0 Å². The summed E-state index contributed by atoms with van der Waals surface area (Å²) >= 11 is 0. The largest absolute Gasteiger partial charge is 0.483 e. The highest BCUT2D eigenvalue weighted by Gasteiger charge is 2.12. The Bertz CT molecular complexity index is 414. The standard InChI is InChI=1S/C11H13NO4/c1-7-3-4-9(8(5-7)11(14)15)16-6-10(13)12-2/h3-5H,6H2,1-2H3,(H,12,13)(H,14,15). The molecule has 0 heterocycles. The van der Waals surface area contributed by atoms with Gasteiger partial charge in [-0.15, -0.1) is 0 Å². The number of hydrogen-bond acceptors (Lipinski definition) is 3. The molecule has 0 fully saturated rings. The Hall–Kier alpha value is -2.04. The molecule has 86 valence electrons. The van der Waals surface area contributed by atoms with E-state index < -0.39 is 5.97 Å². The van der Waals surface area contributed by atoms with Crippen LogP contribution in [0.1, 0.15) is 15.9 Å². The van der Waals surface area contributed by atoms with Gasteiger partial charge in [0.1, 0.15) is 11.3 Å². The van der Waals surface area contributed by atoms with Gasteiger partial charge < -0.3 is 15.2 Å². The quantitative estimate of drug-likeness (QED) is 0.792. The summed E-state index contributed by atoms with van der Waals surface area (Å²) < 4.78 is 5.11. The van der Waals surface area contributed by atoms with Crippen LogP contribution in [0.2, 0.25) is 0 Å². The first-order chi connectivity index (χ1) is 7.54. The maximum absolute atomic E-state index is 10.9. The number of aryl methyl sites for hydroxylation is 1.